The monoisotopic (exact) mass is 251 g/mol. The van der Waals surface area contributed by atoms with Crippen LogP contribution in [0.5, 0.6) is 0 Å². The molecule has 3 fully saturated rings. The summed E-state index contributed by atoms with van der Waals surface area (Å²) in [6.07, 6.45) is 0.284. The standard InChI is InChI=1S/C9H18ClNO3Si/c1-8-5-11-3-4-12-15(7-10,13-8)14-9(2)6-11/h8-9H,3-7H2,1-2H3. The third-order valence-corrected chi connectivity index (χ3v) is 6.16. The molecule has 0 aromatic carbocycles. The largest absolute Gasteiger partial charge is 0.517 e. The van der Waals surface area contributed by atoms with Crippen molar-refractivity contribution in [3.63, 3.8) is 0 Å². The number of fused-ring (bicyclic) bond motifs is 6. The van der Waals surface area contributed by atoms with Gasteiger partial charge in [-0.25, -0.2) is 0 Å². The molecule has 4 nitrogen and oxygen atoms in total. The van der Waals surface area contributed by atoms with Crippen LogP contribution in [0.25, 0.3) is 0 Å². The molecule has 6 heteroatoms. The normalized spacial score (nSPS) is 47.0. The van der Waals surface area contributed by atoms with E-state index in [4.69, 9.17) is 24.9 Å². The first-order valence-electron chi connectivity index (χ1n) is 5.41. The first kappa shape index (κ1) is 11.8. The second kappa shape index (κ2) is 4.69. The summed E-state index contributed by atoms with van der Waals surface area (Å²) in [5, 5.41) is 0. The molecule has 0 radical (unpaired) electrons. The molecule has 0 aromatic heterocycles. The number of rotatable bonds is 1. The van der Waals surface area contributed by atoms with Crippen molar-refractivity contribution < 1.29 is 13.3 Å². The molecule has 0 spiro atoms. The van der Waals surface area contributed by atoms with E-state index >= 15 is 0 Å². The molecular formula is C9H18ClNO3Si. The summed E-state index contributed by atoms with van der Waals surface area (Å²) in [5.41, 5.74) is 0.349. The maximum atomic E-state index is 5.96. The number of halogens is 1. The third-order valence-electron chi connectivity index (χ3n) is 2.69. The lowest BCUT2D eigenvalue weighted by molar-refractivity contribution is -0.0556. The van der Waals surface area contributed by atoms with E-state index < -0.39 is 8.80 Å². The van der Waals surface area contributed by atoms with Crippen molar-refractivity contribution in [3.8, 4) is 0 Å². The molecule has 0 amide bonds. The third kappa shape index (κ3) is 2.72. The minimum absolute atomic E-state index is 0.142. The van der Waals surface area contributed by atoms with E-state index in [1.54, 1.807) is 0 Å². The van der Waals surface area contributed by atoms with Gasteiger partial charge in [-0.2, -0.15) is 0 Å². The van der Waals surface area contributed by atoms with Crippen LogP contribution in [0.3, 0.4) is 0 Å². The fourth-order valence-corrected chi connectivity index (χ4v) is 4.98. The highest BCUT2D eigenvalue weighted by Gasteiger charge is 2.46. The van der Waals surface area contributed by atoms with Crippen LogP contribution in [0.4, 0.5) is 0 Å². The second-order valence-corrected chi connectivity index (χ2v) is 7.48. The van der Waals surface area contributed by atoms with E-state index in [0.717, 1.165) is 19.6 Å². The smallest absolute Gasteiger partial charge is 0.371 e. The van der Waals surface area contributed by atoms with Gasteiger partial charge in [0.05, 0.1) is 24.3 Å². The summed E-state index contributed by atoms with van der Waals surface area (Å²) in [6, 6.07) is 0. The predicted octanol–water partition coefficient (Wildman–Crippen LogP) is 0.859. The predicted molar refractivity (Wildman–Crippen MR) is 60.0 cm³/mol. The van der Waals surface area contributed by atoms with Gasteiger partial charge < -0.3 is 13.3 Å². The Labute approximate surface area is 96.8 Å². The molecule has 88 valence electrons. The van der Waals surface area contributed by atoms with Gasteiger partial charge in [-0.1, -0.05) is 0 Å². The second-order valence-electron chi connectivity index (χ2n) is 4.28. The van der Waals surface area contributed by atoms with Gasteiger partial charge in [-0.3, -0.25) is 4.90 Å². The molecule has 2 atom stereocenters. The number of nitrogens with zero attached hydrogens (tertiary/aromatic N) is 1. The summed E-state index contributed by atoms with van der Waals surface area (Å²) in [4.78, 5) is 2.32. The minimum Gasteiger partial charge on any atom is -0.371 e. The number of hydrogen-bond acceptors (Lipinski definition) is 4. The van der Waals surface area contributed by atoms with E-state index in [2.05, 4.69) is 18.7 Å². The van der Waals surface area contributed by atoms with Crippen molar-refractivity contribution in [2.45, 2.75) is 26.1 Å². The summed E-state index contributed by atoms with van der Waals surface area (Å²) in [5.74, 6) is 0. The van der Waals surface area contributed by atoms with Crippen molar-refractivity contribution in [2.24, 2.45) is 0 Å². The average Bonchev–Trinajstić information content (AvgIpc) is 2.10. The minimum atomic E-state index is -2.59. The Bertz CT molecular complexity index is 217. The summed E-state index contributed by atoms with van der Waals surface area (Å²) >= 11 is 5.96. The molecule has 2 bridgehead atoms. The first-order valence-corrected chi connectivity index (χ1v) is 7.88. The Morgan fingerprint density at radius 2 is 1.87 bits per heavy atom. The molecule has 15 heavy (non-hydrogen) atoms. The fraction of sp³-hybridized carbons (Fsp3) is 1.00. The van der Waals surface area contributed by atoms with Crippen molar-refractivity contribution in [3.05, 3.63) is 0 Å². The fourth-order valence-electron chi connectivity index (χ4n) is 2.20. The highest BCUT2D eigenvalue weighted by Crippen LogP contribution is 2.22. The highest BCUT2D eigenvalue weighted by molar-refractivity contribution is 6.69. The average molecular weight is 252 g/mol. The Balaban J connectivity index is 2.18. The van der Waals surface area contributed by atoms with Gasteiger partial charge >= 0.3 is 8.80 Å². The van der Waals surface area contributed by atoms with E-state index in [1.807, 2.05) is 0 Å². The Morgan fingerprint density at radius 1 is 1.27 bits per heavy atom. The molecule has 3 saturated heterocycles. The van der Waals surface area contributed by atoms with Gasteiger partial charge in [0.1, 0.15) is 0 Å². The first-order chi connectivity index (χ1) is 7.13. The van der Waals surface area contributed by atoms with Gasteiger partial charge in [0.15, 0.2) is 0 Å². The van der Waals surface area contributed by atoms with Crippen LogP contribution >= 0.6 is 11.6 Å². The van der Waals surface area contributed by atoms with Crippen molar-refractivity contribution in [2.75, 3.05) is 31.7 Å². The van der Waals surface area contributed by atoms with Gasteiger partial charge in [-0.05, 0) is 13.8 Å². The van der Waals surface area contributed by atoms with Crippen LogP contribution in [0.15, 0.2) is 0 Å². The molecule has 0 aromatic rings. The maximum absolute atomic E-state index is 5.96. The Hall–Kier alpha value is 0.347. The van der Waals surface area contributed by atoms with Crippen molar-refractivity contribution in [1.82, 2.24) is 4.90 Å². The quantitative estimate of drug-likeness (QED) is 0.511. The van der Waals surface area contributed by atoms with Crippen LogP contribution in [0.1, 0.15) is 13.8 Å². The Kier molecular flexibility index (Phi) is 3.70. The maximum Gasteiger partial charge on any atom is 0.517 e. The van der Waals surface area contributed by atoms with Crippen molar-refractivity contribution in [1.29, 1.82) is 0 Å². The summed E-state index contributed by atoms with van der Waals surface area (Å²) < 4.78 is 17.5. The topological polar surface area (TPSA) is 30.9 Å². The Morgan fingerprint density at radius 3 is 2.40 bits per heavy atom. The van der Waals surface area contributed by atoms with Crippen LogP contribution in [0, 0.1) is 0 Å². The van der Waals surface area contributed by atoms with Crippen molar-refractivity contribution >= 4 is 20.4 Å². The number of alkyl halides is 1. The van der Waals surface area contributed by atoms with E-state index in [0.29, 0.717) is 12.1 Å². The van der Waals surface area contributed by atoms with Gasteiger partial charge in [0.2, 0.25) is 0 Å². The molecule has 3 aliphatic rings. The molecule has 3 heterocycles. The van der Waals surface area contributed by atoms with Gasteiger partial charge in [0.25, 0.3) is 0 Å². The van der Waals surface area contributed by atoms with Crippen LogP contribution in [-0.4, -0.2) is 57.7 Å². The van der Waals surface area contributed by atoms with E-state index in [9.17, 15) is 0 Å². The van der Waals surface area contributed by atoms with Gasteiger partial charge in [0, 0.05) is 19.6 Å². The van der Waals surface area contributed by atoms with Crippen LogP contribution in [-0.2, 0) is 13.3 Å². The highest BCUT2D eigenvalue weighted by atomic mass is 35.5. The molecule has 0 N–H and O–H groups in total. The molecule has 3 rings (SSSR count). The zero-order valence-corrected chi connectivity index (χ0v) is 11.0. The van der Waals surface area contributed by atoms with E-state index in [-0.39, 0.29) is 12.2 Å². The van der Waals surface area contributed by atoms with Gasteiger partial charge in [-0.15, -0.1) is 11.6 Å². The molecule has 0 aliphatic carbocycles. The van der Waals surface area contributed by atoms with Crippen LogP contribution < -0.4 is 0 Å². The SMILES string of the molecule is CC1CN2CCO[Si](CCl)(O1)OC(C)C2. The summed E-state index contributed by atoms with van der Waals surface area (Å²) in [6.45, 7) is 7.61. The van der Waals surface area contributed by atoms with Crippen LogP contribution in [0.2, 0.25) is 0 Å². The lowest BCUT2D eigenvalue weighted by Crippen LogP contribution is -2.60. The molecule has 3 aliphatic heterocycles. The summed E-state index contributed by atoms with van der Waals surface area (Å²) in [7, 11) is -2.59. The molecule has 0 saturated carbocycles. The number of hydrogen-bond donors (Lipinski definition) is 0. The zero-order chi connectivity index (χ0) is 10.9. The zero-order valence-electron chi connectivity index (χ0n) is 9.24. The lowest BCUT2D eigenvalue weighted by atomic mass is 10.3. The molecule has 2 unspecified atom stereocenters. The van der Waals surface area contributed by atoms with E-state index in [1.165, 1.54) is 0 Å². The molecular weight excluding hydrogens is 234 g/mol. The lowest BCUT2D eigenvalue weighted by Gasteiger charge is -2.42.